The average molecular weight is 303 g/mol. The van der Waals surface area contributed by atoms with E-state index in [4.69, 9.17) is 4.98 Å². The minimum Gasteiger partial charge on any atom is -0.380 e. The Balaban J connectivity index is 1.85. The normalized spacial score (nSPS) is 11.2. The van der Waals surface area contributed by atoms with E-state index in [1.165, 1.54) is 5.56 Å². The predicted molar refractivity (Wildman–Crippen MR) is 92.3 cm³/mol. The Morgan fingerprint density at radius 3 is 2.70 bits per heavy atom. The van der Waals surface area contributed by atoms with Crippen LogP contribution in [0.1, 0.15) is 12.5 Å². The maximum atomic E-state index is 4.77. The third kappa shape index (κ3) is 2.40. The summed E-state index contributed by atoms with van der Waals surface area (Å²) in [6, 6.07) is 12.2. The second-order valence-electron chi connectivity index (χ2n) is 5.41. The number of anilines is 1. The number of para-hydroxylation sites is 1. The lowest BCUT2D eigenvalue weighted by Crippen LogP contribution is -2.02. The van der Waals surface area contributed by atoms with Crippen LogP contribution >= 0.6 is 0 Å². The van der Waals surface area contributed by atoms with Crippen molar-refractivity contribution < 1.29 is 0 Å². The number of fused-ring (bicyclic) bond motifs is 2. The molecular weight excluding hydrogens is 286 g/mol. The Bertz CT molecular complexity index is 959. The molecule has 0 aliphatic rings. The van der Waals surface area contributed by atoms with Crippen molar-refractivity contribution in [2.75, 3.05) is 5.32 Å². The molecule has 3 heterocycles. The molecule has 3 aromatic heterocycles. The van der Waals surface area contributed by atoms with Crippen molar-refractivity contribution in [3.8, 4) is 0 Å². The molecule has 0 radical (unpaired) electrons. The van der Waals surface area contributed by atoms with Gasteiger partial charge in [-0.25, -0.2) is 9.67 Å². The van der Waals surface area contributed by atoms with E-state index in [1.54, 1.807) is 0 Å². The third-order valence-electron chi connectivity index (χ3n) is 4.00. The first kappa shape index (κ1) is 13.7. The standard InChI is InChI=1S/C18H17N5/c1-2-23-18-15(12-21-23)17(14-5-3-4-6-16(14)22-18)20-11-13-7-9-19-10-8-13/h3-10,12H,2,11H2,1H3,(H,20,22). The fraction of sp³-hybridized carbons (Fsp3) is 0.167. The van der Waals surface area contributed by atoms with Crippen LogP contribution < -0.4 is 5.32 Å². The van der Waals surface area contributed by atoms with Crippen molar-refractivity contribution in [2.24, 2.45) is 0 Å². The van der Waals surface area contributed by atoms with E-state index in [0.29, 0.717) is 0 Å². The molecule has 23 heavy (non-hydrogen) atoms. The van der Waals surface area contributed by atoms with Gasteiger partial charge in [-0.3, -0.25) is 4.98 Å². The first-order chi connectivity index (χ1) is 11.4. The van der Waals surface area contributed by atoms with Crippen LogP contribution in [0.3, 0.4) is 0 Å². The van der Waals surface area contributed by atoms with Crippen LogP contribution in [0, 0.1) is 0 Å². The molecule has 4 aromatic rings. The number of benzene rings is 1. The van der Waals surface area contributed by atoms with E-state index in [0.717, 1.165) is 40.7 Å². The lowest BCUT2D eigenvalue weighted by molar-refractivity contribution is 0.677. The van der Waals surface area contributed by atoms with E-state index in [-0.39, 0.29) is 0 Å². The van der Waals surface area contributed by atoms with E-state index in [9.17, 15) is 0 Å². The number of rotatable bonds is 4. The number of aryl methyl sites for hydroxylation is 1. The van der Waals surface area contributed by atoms with Crippen LogP contribution in [0.5, 0.6) is 0 Å². The zero-order chi connectivity index (χ0) is 15.6. The van der Waals surface area contributed by atoms with Gasteiger partial charge >= 0.3 is 0 Å². The lowest BCUT2D eigenvalue weighted by Gasteiger charge is -2.11. The maximum Gasteiger partial charge on any atom is 0.160 e. The summed E-state index contributed by atoms with van der Waals surface area (Å²) in [5.74, 6) is 0. The number of nitrogens with one attached hydrogen (secondary N) is 1. The van der Waals surface area contributed by atoms with Crippen LogP contribution in [0.15, 0.2) is 55.0 Å². The van der Waals surface area contributed by atoms with Gasteiger partial charge in [-0.2, -0.15) is 5.10 Å². The average Bonchev–Trinajstić information content (AvgIpc) is 3.02. The Kier molecular flexibility index (Phi) is 3.38. The van der Waals surface area contributed by atoms with Crippen LogP contribution in [0.4, 0.5) is 5.69 Å². The highest BCUT2D eigenvalue weighted by Gasteiger charge is 2.12. The summed E-state index contributed by atoms with van der Waals surface area (Å²) in [6.07, 6.45) is 5.52. The second-order valence-corrected chi connectivity index (χ2v) is 5.41. The van der Waals surface area contributed by atoms with Gasteiger partial charge in [0.15, 0.2) is 5.65 Å². The summed E-state index contributed by atoms with van der Waals surface area (Å²) in [6.45, 7) is 3.62. The van der Waals surface area contributed by atoms with Crippen molar-refractivity contribution in [1.82, 2.24) is 19.7 Å². The van der Waals surface area contributed by atoms with Gasteiger partial charge < -0.3 is 5.32 Å². The summed E-state index contributed by atoms with van der Waals surface area (Å²) < 4.78 is 1.93. The molecule has 0 aliphatic heterocycles. The molecule has 0 amide bonds. The molecule has 0 unspecified atom stereocenters. The molecule has 0 spiro atoms. The Hall–Kier alpha value is -2.95. The van der Waals surface area contributed by atoms with Crippen molar-refractivity contribution in [1.29, 1.82) is 0 Å². The largest absolute Gasteiger partial charge is 0.380 e. The van der Waals surface area contributed by atoms with E-state index in [1.807, 2.05) is 53.6 Å². The van der Waals surface area contributed by atoms with Crippen molar-refractivity contribution >= 4 is 27.6 Å². The fourth-order valence-corrected chi connectivity index (χ4v) is 2.83. The van der Waals surface area contributed by atoms with E-state index < -0.39 is 0 Å². The van der Waals surface area contributed by atoms with Gasteiger partial charge in [0, 0.05) is 30.9 Å². The van der Waals surface area contributed by atoms with Gasteiger partial charge in [0.25, 0.3) is 0 Å². The Morgan fingerprint density at radius 1 is 1.04 bits per heavy atom. The molecule has 1 aromatic carbocycles. The first-order valence-electron chi connectivity index (χ1n) is 7.74. The van der Waals surface area contributed by atoms with Crippen molar-refractivity contribution in [3.05, 3.63) is 60.6 Å². The molecule has 4 rings (SSSR count). The molecular formula is C18H17N5. The number of hydrogen-bond acceptors (Lipinski definition) is 4. The van der Waals surface area contributed by atoms with Gasteiger partial charge in [0.2, 0.25) is 0 Å². The highest BCUT2D eigenvalue weighted by molar-refractivity contribution is 6.06. The Morgan fingerprint density at radius 2 is 1.87 bits per heavy atom. The molecule has 114 valence electrons. The van der Waals surface area contributed by atoms with Crippen LogP contribution in [0.2, 0.25) is 0 Å². The number of hydrogen-bond donors (Lipinski definition) is 1. The summed E-state index contributed by atoms with van der Waals surface area (Å²) in [5, 5.41) is 10.2. The van der Waals surface area contributed by atoms with Crippen LogP contribution in [-0.2, 0) is 13.1 Å². The Labute approximate surface area is 134 Å². The molecule has 5 heteroatoms. The van der Waals surface area contributed by atoms with Gasteiger partial charge in [0.1, 0.15) is 0 Å². The second kappa shape index (κ2) is 5.68. The summed E-state index contributed by atoms with van der Waals surface area (Å²) >= 11 is 0. The zero-order valence-electron chi connectivity index (χ0n) is 12.9. The highest BCUT2D eigenvalue weighted by atomic mass is 15.3. The van der Waals surface area contributed by atoms with Crippen LogP contribution in [0.25, 0.3) is 21.9 Å². The summed E-state index contributed by atoms with van der Waals surface area (Å²) in [4.78, 5) is 8.84. The third-order valence-corrected chi connectivity index (χ3v) is 4.00. The van der Waals surface area contributed by atoms with Gasteiger partial charge in [-0.05, 0) is 30.7 Å². The molecule has 5 nitrogen and oxygen atoms in total. The molecule has 0 bridgehead atoms. The molecule has 0 atom stereocenters. The number of pyridine rings is 2. The van der Waals surface area contributed by atoms with Crippen molar-refractivity contribution in [2.45, 2.75) is 20.0 Å². The molecule has 0 saturated heterocycles. The van der Waals surface area contributed by atoms with Crippen molar-refractivity contribution in [3.63, 3.8) is 0 Å². The minimum atomic E-state index is 0.739. The van der Waals surface area contributed by atoms with E-state index >= 15 is 0 Å². The summed E-state index contributed by atoms with van der Waals surface area (Å²) in [7, 11) is 0. The first-order valence-corrected chi connectivity index (χ1v) is 7.74. The number of aromatic nitrogens is 4. The zero-order valence-corrected chi connectivity index (χ0v) is 12.9. The lowest BCUT2D eigenvalue weighted by atomic mass is 10.1. The molecule has 0 fully saturated rings. The predicted octanol–water partition coefficient (Wildman–Crippen LogP) is 3.61. The van der Waals surface area contributed by atoms with E-state index in [2.05, 4.69) is 28.4 Å². The number of nitrogens with zero attached hydrogens (tertiary/aromatic N) is 4. The smallest absolute Gasteiger partial charge is 0.160 e. The quantitative estimate of drug-likeness (QED) is 0.625. The minimum absolute atomic E-state index is 0.739. The molecule has 0 aliphatic carbocycles. The van der Waals surface area contributed by atoms with Gasteiger partial charge in [-0.15, -0.1) is 0 Å². The van der Waals surface area contributed by atoms with Crippen LogP contribution in [-0.4, -0.2) is 19.7 Å². The SMILES string of the molecule is CCn1ncc2c(NCc3ccncc3)c3ccccc3nc21. The fourth-order valence-electron chi connectivity index (χ4n) is 2.83. The molecule has 0 saturated carbocycles. The highest BCUT2D eigenvalue weighted by Crippen LogP contribution is 2.30. The van der Waals surface area contributed by atoms with Gasteiger partial charge in [0.05, 0.1) is 22.8 Å². The summed E-state index contributed by atoms with van der Waals surface area (Å²) in [5.41, 5.74) is 4.18. The monoisotopic (exact) mass is 303 g/mol. The molecule has 1 N–H and O–H groups in total. The van der Waals surface area contributed by atoms with Gasteiger partial charge in [-0.1, -0.05) is 18.2 Å². The topological polar surface area (TPSA) is 55.6 Å². The maximum absolute atomic E-state index is 4.77.